The van der Waals surface area contributed by atoms with Crippen LogP contribution in [-0.4, -0.2) is 55.4 Å². The van der Waals surface area contributed by atoms with Crippen LogP contribution >= 0.6 is 11.8 Å². The van der Waals surface area contributed by atoms with Crippen LogP contribution in [0.3, 0.4) is 0 Å². The first kappa shape index (κ1) is 18.1. The molecule has 1 aliphatic carbocycles. The van der Waals surface area contributed by atoms with Gasteiger partial charge in [0, 0.05) is 56.4 Å². The second-order valence-electron chi connectivity index (χ2n) is 7.73. The number of rotatable bonds is 4. The second-order valence-corrected chi connectivity index (χ2v) is 10.9. The van der Waals surface area contributed by atoms with Gasteiger partial charge in [-0.1, -0.05) is 11.8 Å². The van der Waals surface area contributed by atoms with Crippen LogP contribution in [0.1, 0.15) is 12.8 Å². The quantitative estimate of drug-likeness (QED) is 0.643. The summed E-state index contributed by atoms with van der Waals surface area (Å²) in [7, 11) is 0.276. The lowest BCUT2D eigenvalue weighted by atomic mass is 10.0. The predicted molar refractivity (Wildman–Crippen MR) is 106 cm³/mol. The Hall–Kier alpha value is -1.91. The predicted octanol–water partition coefficient (Wildman–Crippen LogP) is 1.89. The third-order valence-electron chi connectivity index (χ3n) is 5.91. The summed E-state index contributed by atoms with van der Waals surface area (Å²) in [6.45, 7) is 1.19. The van der Waals surface area contributed by atoms with Crippen LogP contribution in [0, 0.1) is 11.8 Å². The Morgan fingerprint density at radius 1 is 1.11 bits per heavy atom. The molecule has 0 N–H and O–H groups in total. The molecule has 10 heteroatoms. The molecule has 148 valence electrons. The molecule has 0 amide bonds. The molecule has 2 aliphatic rings. The van der Waals surface area contributed by atoms with Crippen molar-refractivity contribution in [2.45, 2.75) is 28.1 Å². The van der Waals surface area contributed by atoms with Crippen LogP contribution in [0.2, 0.25) is 0 Å². The standard InChI is InChI=1S/C18H22N6O2S2/c1-22-4-3-19-18(22)27-15-5-13-10-24(11-14(13)6-15)28(25,26)16-7-12-8-21-23(2)17(12)20-9-16/h3-4,7-9,13-15H,5-6,10-11H2,1-2H3/t13-,14+,15?. The molecule has 3 atom stereocenters. The fourth-order valence-corrected chi connectivity index (χ4v) is 7.29. The third-order valence-corrected chi connectivity index (χ3v) is 9.03. The first-order valence-electron chi connectivity index (χ1n) is 9.33. The van der Waals surface area contributed by atoms with Gasteiger partial charge in [0.05, 0.1) is 6.20 Å². The summed E-state index contributed by atoms with van der Waals surface area (Å²) in [5, 5.41) is 6.43. The van der Waals surface area contributed by atoms with E-state index in [-0.39, 0.29) is 4.90 Å². The van der Waals surface area contributed by atoms with Crippen LogP contribution in [0.4, 0.5) is 0 Å². The molecule has 0 bridgehead atoms. The number of aromatic nitrogens is 5. The highest BCUT2D eigenvalue weighted by atomic mass is 32.2. The summed E-state index contributed by atoms with van der Waals surface area (Å²) in [4.78, 5) is 8.95. The SMILES string of the molecule is Cn1ccnc1SC1C[C@@H]2CN(S(=O)(=O)c3cnc4c(cnn4C)c3)C[C@@H]2C1. The summed E-state index contributed by atoms with van der Waals surface area (Å²) in [5.74, 6) is 0.838. The summed E-state index contributed by atoms with van der Waals surface area (Å²) in [5.41, 5.74) is 0.686. The summed E-state index contributed by atoms with van der Waals surface area (Å²) in [6.07, 6.45) is 8.95. The van der Waals surface area contributed by atoms with Crippen LogP contribution in [-0.2, 0) is 24.1 Å². The van der Waals surface area contributed by atoms with Crippen molar-refractivity contribution in [2.75, 3.05) is 13.1 Å². The summed E-state index contributed by atoms with van der Waals surface area (Å²) in [6, 6.07) is 1.68. The smallest absolute Gasteiger partial charge is 0.244 e. The van der Waals surface area contributed by atoms with Gasteiger partial charge in [0.15, 0.2) is 10.8 Å². The molecule has 3 aromatic rings. The summed E-state index contributed by atoms with van der Waals surface area (Å²) >= 11 is 1.81. The maximum absolute atomic E-state index is 13.1. The van der Waals surface area contributed by atoms with Gasteiger partial charge in [-0.2, -0.15) is 9.40 Å². The van der Waals surface area contributed by atoms with Gasteiger partial charge in [0.25, 0.3) is 0 Å². The van der Waals surface area contributed by atoms with E-state index in [0.29, 0.717) is 35.8 Å². The molecule has 5 rings (SSSR count). The van der Waals surface area contributed by atoms with Crippen LogP contribution in [0.15, 0.2) is 40.9 Å². The fraction of sp³-hybridized carbons (Fsp3) is 0.500. The van der Waals surface area contributed by atoms with Gasteiger partial charge in [-0.05, 0) is 30.7 Å². The lowest BCUT2D eigenvalue weighted by molar-refractivity contribution is 0.446. The van der Waals surface area contributed by atoms with E-state index < -0.39 is 10.0 Å². The number of aryl methyl sites for hydroxylation is 2. The number of thioether (sulfide) groups is 1. The maximum atomic E-state index is 13.1. The van der Waals surface area contributed by atoms with Gasteiger partial charge >= 0.3 is 0 Å². The number of fused-ring (bicyclic) bond motifs is 2. The lowest BCUT2D eigenvalue weighted by Crippen LogP contribution is -2.30. The van der Waals surface area contributed by atoms with Crippen molar-refractivity contribution < 1.29 is 8.42 Å². The molecule has 0 spiro atoms. The second kappa shape index (κ2) is 6.57. The average molecular weight is 419 g/mol. The molecule has 0 aromatic carbocycles. The zero-order valence-corrected chi connectivity index (χ0v) is 17.4. The topological polar surface area (TPSA) is 85.9 Å². The van der Waals surface area contributed by atoms with Crippen molar-refractivity contribution >= 4 is 32.8 Å². The van der Waals surface area contributed by atoms with Crippen molar-refractivity contribution in [2.24, 2.45) is 25.9 Å². The van der Waals surface area contributed by atoms with Crippen LogP contribution in [0.25, 0.3) is 11.0 Å². The van der Waals surface area contributed by atoms with Gasteiger partial charge in [-0.3, -0.25) is 4.68 Å². The maximum Gasteiger partial charge on any atom is 0.244 e. The number of hydrogen-bond acceptors (Lipinski definition) is 6. The van der Waals surface area contributed by atoms with Crippen LogP contribution < -0.4 is 0 Å². The highest BCUT2D eigenvalue weighted by Gasteiger charge is 2.45. The monoisotopic (exact) mass is 418 g/mol. The van der Waals surface area contributed by atoms with Gasteiger partial charge < -0.3 is 4.57 Å². The molecule has 28 heavy (non-hydrogen) atoms. The van der Waals surface area contributed by atoms with E-state index in [1.54, 1.807) is 28.3 Å². The Morgan fingerprint density at radius 2 is 1.86 bits per heavy atom. The van der Waals surface area contributed by atoms with E-state index >= 15 is 0 Å². The number of sulfonamides is 1. The Bertz CT molecular complexity index is 1120. The van der Waals surface area contributed by atoms with E-state index in [1.165, 1.54) is 6.20 Å². The van der Waals surface area contributed by atoms with Crippen molar-refractivity contribution in [1.82, 2.24) is 28.6 Å². The Morgan fingerprint density at radius 3 is 2.54 bits per heavy atom. The van der Waals surface area contributed by atoms with E-state index in [4.69, 9.17) is 0 Å². The zero-order chi connectivity index (χ0) is 19.5. The van der Waals surface area contributed by atoms with Crippen molar-refractivity contribution in [3.05, 3.63) is 30.9 Å². The molecule has 1 unspecified atom stereocenters. The fourth-order valence-electron chi connectivity index (χ4n) is 4.42. The third kappa shape index (κ3) is 2.94. The lowest BCUT2D eigenvalue weighted by Gasteiger charge is -2.19. The first-order chi connectivity index (χ1) is 13.4. The van der Waals surface area contributed by atoms with Crippen molar-refractivity contribution in [3.8, 4) is 0 Å². The molecule has 3 aromatic heterocycles. The molecule has 8 nitrogen and oxygen atoms in total. The van der Waals surface area contributed by atoms with E-state index in [2.05, 4.69) is 15.1 Å². The zero-order valence-electron chi connectivity index (χ0n) is 15.8. The normalized spacial score (nSPS) is 25.6. The molecule has 1 saturated carbocycles. The molecule has 2 fully saturated rings. The van der Waals surface area contributed by atoms with Crippen LogP contribution in [0.5, 0.6) is 0 Å². The molecular formula is C18H22N6O2S2. The number of nitrogens with zero attached hydrogens (tertiary/aromatic N) is 6. The van der Waals surface area contributed by atoms with E-state index in [1.807, 2.05) is 35.8 Å². The van der Waals surface area contributed by atoms with E-state index in [9.17, 15) is 8.42 Å². The minimum atomic E-state index is -3.53. The Balaban J connectivity index is 1.30. The minimum absolute atomic E-state index is 0.256. The number of imidazole rings is 1. The highest BCUT2D eigenvalue weighted by molar-refractivity contribution is 7.99. The van der Waals surface area contributed by atoms with Gasteiger partial charge in [-0.25, -0.2) is 18.4 Å². The molecule has 1 saturated heterocycles. The minimum Gasteiger partial charge on any atom is -0.329 e. The highest BCUT2D eigenvalue weighted by Crippen LogP contribution is 2.45. The molecule has 4 heterocycles. The Kier molecular flexibility index (Phi) is 4.25. The molecular weight excluding hydrogens is 396 g/mol. The Labute approximate surface area is 168 Å². The summed E-state index contributed by atoms with van der Waals surface area (Å²) < 4.78 is 31.6. The average Bonchev–Trinajstić information content (AvgIpc) is 3.41. The number of pyridine rings is 1. The van der Waals surface area contributed by atoms with Crippen molar-refractivity contribution in [1.29, 1.82) is 0 Å². The van der Waals surface area contributed by atoms with E-state index in [0.717, 1.165) is 23.4 Å². The van der Waals surface area contributed by atoms with Gasteiger partial charge in [-0.15, -0.1) is 0 Å². The first-order valence-corrected chi connectivity index (χ1v) is 11.7. The van der Waals surface area contributed by atoms with Gasteiger partial charge in [0.1, 0.15) is 4.90 Å². The number of hydrogen-bond donors (Lipinski definition) is 0. The molecule has 1 aliphatic heterocycles. The molecule has 0 radical (unpaired) electrons. The largest absolute Gasteiger partial charge is 0.329 e. The van der Waals surface area contributed by atoms with Crippen molar-refractivity contribution in [3.63, 3.8) is 0 Å². The van der Waals surface area contributed by atoms with Gasteiger partial charge in [0.2, 0.25) is 10.0 Å².